The number of aliphatic imine (C=N–C) groups is 1. The zero-order valence-corrected chi connectivity index (χ0v) is 19.1. The Morgan fingerprint density at radius 1 is 0.897 bits per heavy atom. The molecule has 152 valence electrons. The van der Waals surface area contributed by atoms with E-state index in [-0.39, 0.29) is 16.5 Å². The number of rotatable bonds is 2. The van der Waals surface area contributed by atoms with Crippen LogP contribution in [0.1, 0.15) is 63.8 Å². The molecule has 0 aromatic heterocycles. The van der Waals surface area contributed by atoms with Crippen molar-refractivity contribution < 1.29 is 9.53 Å². The van der Waals surface area contributed by atoms with Crippen LogP contribution >= 0.6 is 23.2 Å². The number of cyclic esters (lactones) is 1. The summed E-state index contributed by atoms with van der Waals surface area (Å²) in [6.45, 7) is 13.0. The van der Waals surface area contributed by atoms with Crippen LogP contribution in [-0.4, -0.2) is 11.9 Å². The van der Waals surface area contributed by atoms with Gasteiger partial charge in [-0.3, -0.25) is 0 Å². The van der Waals surface area contributed by atoms with Crippen LogP contribution in [0, 0.1) is 0 Å². The summed E-state index contributed by atoms with van der Waals surface area (Å²) in [5.74, 6) is -0.188. The molecule has 0 amide bonds. The Bertz CT molecular complexity index is 1010. The summed E-state index contributed by atoms with van der Waals surface area (Å²) in [5.41, 5.74) is 3.90. The minimum atomic E-state index is -0.496. The number of benzene rings is 2. The third-order valence-corrected chi connectivity index (χ3v) is 5.35. The molecule has 2 aromatic carbocycles. The van der Waals surface area contributed by atoms with Crippen molar-refractivity contribution in [2.45, 2.75) is 52.4 Å². The predicted molar refractivity (Wildman–Crippen MR) is 121 cm³/mol. The predicted octanol–water partition coefficient (Wildman–Crippen LogP) is 6.93. The standard InChI is InChI=1S/C24H25Cl2NO2/c1-23(2,3)16-9-15(10-17(12-16)24(4,5)6)21-27-20(22(28)29-21)11-14-7-8-18(25)13-19(14)26/h7-13H,1-6H3. The van der Waals surface area contributed by atoms with E-state index in [0.29, 0.717) is 21.5 Å². The van der Waals surface area contributed by atoms with Gasteiger partial charge < -0.3 is 4.74 Å². The highest BCUT2D eigenvalue weighted by Gasteiger charge is 2.27. The highest BCUT2D eigenvalue weighted by molar-refractivity contribution is 6.35. The number of ether oxygens (including phenoxy) is 1. The number of nitrogens with zero attached hydrogens (tertiary/aromatic N) is 1. The van der Waals surface area contributed by atoms with Gasteiger partial charge in [0.2, 0.25) is 5.90 Å². The number of halogens is 2. The van der Waals surface area contributed by atoms with Gasteiger partial charge in [-0.2, -0.15) is 0 Å². The van der Waals surface area contributed by atoms with E-state index < -0.39 is 5.97 Å². The molecule has 5 heteroatoms. The number of esters is 1. The van der Waals surface area contributed by atoms with Gasteiger partial charge in [-0.05, 0) is 57.9 Å². The van der Waals surface area contributed by atoms with Crippen LogP contribution < -0.4 is 0 Å². The van der Waals surface area contributed by atoms with Gasteiger partial charge in [0.25, 0.3) is 0 Å². The van der Waals surface area contributed by atoms with E-state index in [9.17, 15) is 4.79 Å². The van der Waals surface area contributed by atoms with Gasteiger partial charge in [-0.1, -0.05) is 76.9 Å². The van der Waals surface area contributed by atoms with Crippen LogP contribution in [-0.2, 0) is 20.4 Å². The molecule has 29 heavy (non-hydrogen) atoms. The van der Waals surface area contributed by atoms with Crippen molar-refractivity contribution >= 4 is 41.1 Å². The Balaban J connectivity index is 2.08. The number of hydrogen-bond acceptors (Lipinski definition) is 3. The molecule has 2 aromatic rings. The fraction of sp³-hybridized carbons (Fsp3) is 0.333. The fourth-order valence-corrected chi connectivity index (χ4v) is 3.38. The molecule has 0 aliphatic carbocycles. The first-order chi connectivity index (χ1) is 13.3. The van der Waals surface area contributed by atoms with E-state index in [4.69, 9.17) is 27.9 Å². The summed E-state index contributed by atoms with van der Waals surface area (Å²) in [6, 6.07) is 11.4. The first-order valence-electron chi connectivity index (χ1n) is 9.48. The molecular weight excluding hydrogens is 405 g/mol. The van der Waals surface area contributed by atoms with E-state index in [1.165, 1.54) is 0 Å². The third-order valence-electron chi connectivity index (χ3n) is 4.79. The Hall–Kier alpha value is -2.10. The average Bonchev–Trinajstić information content (AvgIpc) is 2.96. The normalized spacial score (nSPS) is 16.2. The first kappa shape index (κ1) is 21.6. The smallest absolute Gasteiger partial charge is 0.363 e. The Labute approximate surface area is 182 Å². The fourth-order valence-electron chi connectivity index (χ4n) is 2.92. The second-order valence-corrected chi connectivity index (χ2v) is 10.1. The number of carbonyl (C=O) groups excluding carboxylic acids is 1. The SMILES string of the molecule is CC(C)(C)c1cc(C2=NC(=Cc3ccc(Cl)cc3Cl)C(=O)O2)cc(C(C)(C)C)c1. The molecule has 0 spiro atoms. The van der Waals surface area contributed by atoms with E-state index in [1.54, 1.807) is 24.3 Å². The Morgan fingerprint density at radius 2 is 1.48 bits per heavy atom. The summed E-state index contributed by atoms with van der Waals surface area (Å²) < 4.78 is 5.50. The van der Waals surface area contributed by atoms with Crippen molar-refractivity contribution in [2.24, 2.45) is 4.99 Å². The monoisotopic (exact) mass is 429 g/mol. The van der Waals surface area contributed by atoms with Crippen molar-refractivity contribution in [1.29, 1.82) is 0 Å². The van der Waals surface area contributed by atoms with E-state index in [0.717, 1.165) is 16.7 Å². The van der Waals surface area contributed by atoms with Crippen LogP contribution in [0.25, 0.3) is 6.08 Å². The zero-order valence-electron chi connectivity index (χ0n) is 17.6. The van der Waals surface area contributed by atoms with Crippen molar-refractivity contribution in [2.75, 3.05) is 0 Å². The maximum Gasteiger partial charge on any atom is 0.363 e. The summed E-state index contributed by atoms with van der Waals surface area (Å²) >= 11 is 12.2. The summed E-state index contributed by atoms with van der Waals surface area (Å²) in [5, 5.41) is 0.982. The van der Waals surface area contributed by atoms with Gasteiger partial charge in [0.1, 0.15) is 0 Å². The molecule has 0 saturated carbocycles. The molecule has 3 rings (SSSR count). The molecule has 1 aliphatic heterocycles. The molecule has 3 nitrogen and oxygen atoms in total. The molecule has 1 heterocycles. The maximum absolute atomic E-state index is 12.4. The lowest BCUT2D eigenvalue weighted by molar-refractivity contribution is -0.129. The number of hydrogen-bond donors (Lipinski definition) is 0. The van der Waals surface area contributed by atoms with Crippen molar-refractivity contribution in [3.05, 3.63) is 74.4 Å². The van der Waals surface area contributed by atoms with Crippen LogP contribution in [0.2, 0.25) is 10.0 Å². The van der Waals surface area contributed by atoms with Crippen molar-refractivity contribution in [1.82, 2.24) is 0 Å². The lowest BCUT2D eigenvalue weighted by Gasteiger charge is -2.26. The van der Waals surface area contributed by atoms with Gasteiger partial charge >= 0.3 is 5.97 Å². The lowest BCUT2D eigenvalue weighted by atomic mass is 9.79. The van der Waals surface area contributed by atoms with Crippen molar-refractivity contribution in [3.63, 3.8) is 0 Å². The average molecular weight is 430 g/mol. The van der Waals surface area contributed by atoms with E-state index in [2.05, 4.69) is 52.6 Å². The molecule has 0 radical (unpaired) electrons. The van der Waals surface area contributed by atoms with Gasteiger partial charge in [-0.15, -0.1) is 0 Å². The summed E-state index contributed by atoms with van der Waals surface area (Å²) in [4.78, 5) is 16.9. The number of carbonyl (C=O) groups is 1. The topological polar surface area (TPSA) is 38.7 Å². The Kier molecular flexibility index (Phi) is 5.68. The molecule has 0 saturated heterocycles. The third kappa shape index (κ3) is 4.91. The summed E-state index contributed by atoms with van der Waals surface area (Å²) in [6.07, 6.45) is 1.62. The second-order valence-electron chi connectivity index (χ2n) is 9.30. The van der Waals surface area contributed by atoms with Crippen LogP contribution in [0.5, 0.6) is 0 Å². The van der Waals surface area contributed by atoms with Crippen LogP contribution in [0.15, 0.2) is 47.1 Å². The molecular formula is C24H25Cl2NO2. The highest BCUT2D eigenvalue weighted by Crippen LogP contribution is 2.32. The van der Waals surface area contributed by atoms with Gasteiger partial charge in [-0.25, -0.2) is 9.79 Å². The molecule has 0 fully saturated rings. The maximum atomic E-state index is 12.4. The van der Waals surface area contributed by atoms with Crippen LogP contribution in [0.4, 0.5) is 0 Å². The molecule has 0 unspecified atom stereocenters. The second kappa shape index (κ2) is 7.62. The van der Waals surface area contributed by atoms with Gasteiger partial charge in [0, 0.05) is 15.6 Å². The van der Waals surface area contributed by atoms with Gasteiger partial charge in [0.05, 0.1) is 0 Å². The minimum Gasteiger partial charge on any atom is -0.402 e. The quantitative estimate of drug-likeness (QED) is 0.383. The van der Waals surface area contributed by atoms with Crippen LogP contribution in [0.3, 0.4) is 0 Å². The highest BCUT2D eigenvalue weighted by atomic mass is 35.5. The molecule has 0 atom stereocenters. The van der Waals surface area contributed by atoms with Crippen molar-refractivity contribution in [3.8, 4) is 0 Å². The summed E-state index contributed by atoms with van der Waals surface area (Å²) in [7, 11) is 0. The van der Waals surface area contributed by atoms with E-state index in [1.807, 2.05) is 12.1 Å². The molecule has 1 aliphatic rings. The Morgan fingerprint density at radius 3 is 2.00 bits per heavy atom. The molecule has 0 N–H and O–H groups in total. The zero-order chi connectivity index (χ0) is 21.6. The molecule has 0 bridgehead atoms. The first-order valence-corrected chi connectivity index (χ1v) is 10.2. The minimum absolute atomic E-state index is 0.0469. The largest absolute Gasteiger partial charge is 0.402 e. The lowest BCUT2D eigenvalue weighted by Crippen LogP contribution is -2.18. The van der Waals surface area contributed by atoms with Gasteiger partial charge in [0.15, 0.2) is 5.70 Å². The van der Waals surface area contributed by atoms with E-state index >= 15 is 0 Å².